The van der Waals surface area contributed by atoms with E-state index in [1.165, 1.54) is 11.1 Å². The molecule has 0 radical (unpaired) electrons. The lowest BCUT2D eigenvalue weighted by atomic mass is 10.0. The van der Waals surface area contributed by atoms with Gasteiger partial charge in [-0.15, -0.1) is 10.2 Å². The largest absolute Gasteiger partial charge is 0.421 e. The Labute approximate surface area is 129 Å². The molecule has 0 fully saturated rings. The zero-order valence-electron chi connectivity index (χ0n) is 11.0. The summed E-state index contributed by atoms with van der Waals surface area (Å²) in [5.74, 6) is 1.17. The van der Waals surface area contributed by atoms with Crippen molar-refractivity contribution in [2.45, 2.75) is 13.3 Å². The average Bonchev–Trinajstić information content (AvgIpc) is 3.08. The van der Waals surface area contributed by atoms with Gasteiger partial charge in [0.05, 0.1) is 5.56 Å². The lowest BCUT2D eigenvalue weighted by Gasteiger charge is -2.03. The van der Waals surface area contributed by atoms with Crippen molar-refractivity contribution in [3.8, 4) is 22.6 Å². The van der Waals surface area contributed by atoms with Gasteiger partial charge >= 0.3 is 0 Å². The van der Waals surface area contributed by atoms with Crippen LogP contribution in [0, 0.1) is 6.92 Å². The van der Waals surface area contributed by atoms with Crippen LogP contribution in [0.5, 0.6) is 0 Å². The van der Waals surface area contributed by atoms with Crippen molar-refractivity contribution in [2.24, 2.45) is 0 Å². The molecule has 0 saturated heterocycles. The highest BCUT2D eigenvalue weighted by atomic mass is 79.9. The van der Waals surface area contributed by atoms with Gasteiger partial charge in [-0.2, -0.15) is 11.3 Å². The zero-order valence-corrected chi connectivity index (χ0v) is 13.4. The van der Waals surface area contributed by atoms with Gasteiger partial charge in [-0.1, -0.05) is 40.2 Å². The number of benzene rings is 1. The average molecular weight is 349 g/mol. The molecule has 0 N–H and O–H groups in total. The molecular weight excluding hydrogens is 336 g/mol. The molecule has 0 bridgehead atoms. The lowest BCUT2D eigenvalue weighted by molar-refractivity contribution is 0.533. The topological polar surface area (TPSA) is 38.9 Å². The van der Waals surface area contributed by atoms with Gasteiger partial charge in [0.15, 0.2) is 0 Å². The smallest absolute Gasteiger partial charge is 0.249 e. The first-order valence-corrected chi connectivity index (χ1v) is 8.36. The number of aryl methyl sites for hydroxylation is 2. The molecule has 0 spiro atoms. The molecule has 3 aromatic rings. The zero-order chi connectivity index (χ0) is 13.9. The quantitative estimate of drug-likeness (QED) is 0.640. The Balaban J connectivity index is 1.97. The van der Waals surface area contributed by atoms with Gasteiger partial charge in [-0.05, 0) is 22.9 Å². The van der Waals surface area contributed by atoms with Crippen LogP contribution >= 0.6 is 27.3 Å². The van der Waals surface area contributed by atoms with E-state index in [0.29, 0.717) is 11.8 Å². The standard InChI is InChI=1S/C15H13BrN2OS/c1-10-17-18-15(19-10)14-9-20-8-13(14)12-4-2-11(3-5-12)6-7-16/h2-5,8-9H,6-7H2,1H3. The predicted molar refractivity (Wildman–Crippen MR) is 85.3 cm³/mol. The summed E-state index contributed by atoms with van der Waals surface area (Å²) in [5.41, 5.74) is 4.65. The summed E-state index contributed by atoms with van der Waals surface area (Å²) in [4.78, 5) is 0. The third-order valence-electron chi connectivity index (χ3n) is 3.07. The second kappa shape index (κ2) is 5.89. The molecule has 3 nitrogen and oxygen atoms in total. The van der Waals surface area contributed by atoms with Gasteiger partial charge in [0.1, 0.15) is 0 Å². The molecule has 0 amide bonds. The molecule has 20 heavy (non-hydrogen) atoms. The Morgan fingerprint density at radius 1 is 1.10 bits per heavy atom. The first-order valence-electron chi connectivity index (χ1n) is 6.30. The van der Waals surface area contributed by atoms with E-state index in [-0.39, 0.29) is 0 Å². The normalized spacial score (nSPS) is 10.9. The Kier molecular flexibility index (Phi) is 3.98. The van der Waals surface area contributed by atoms with Crippen LogP contribution < -0.4 is 0 Å². The van der Waals surface area contributed by atoms with Gasteiger partial charge < -0.3 is 4.42 Å². The molecule has 0 aliphatic heterocycles. The molecule has 0 aliphatic rings. The van der Waals surface area contributed by atoms with E-state index < -0.39 is 0 Å². The van der Waals surface area contributed by atoms with E-state index in [2.05, 4.69) is 61.2 Å². The molecule has 5 heteroatoms. The van der Waals surface area contributed by atoms with Crippen LogP contribution in [0.25, 0.3) is 22.6 Å². The number of halogens is 1. The second-order valence-electron chi connectivity index (χ2n) is 4.46. The van der Waals surface area contributed by atoms with Crippen LogP contribution in [-0.2, 0) is 6.42 Å². The fourth-order valence-corrected chi connectivity index (χ4v) is 3.34. The fourth-order valence-electron chi connectivity index (χ4n) is 2.05. The predicted octanol–water partition coefficient (Wildman–Crippen LogP) is 4.71. The number of alkyl halides is 1. The fraction of sp³-hybridized carbons (Fsp3) is 0.200. The van der Waals surface area contributed by atoms with E-state index >= 15 is 0 Å². The number of aromatic nitrogens is 2. The molecule has 0 atom stereocenters. The van der Waals surface area contributed by atoms with E-state index in [4.69, 9.17) is 4.42 Å². The SMILES string of the molecule is Cc1nnc(-c2cscc2-c2ccc(CCBr)cc2)o1. The van der Waals surface area contributed by atoms with Crippen molar-refractivity contribution >= 4 is 27.3 Å². The van der Waals surface area contributed by atoms with Gasteiger partial charge in [0, 0.05) is 23.2 Å². The molecule has 1 aromatic carbocycles. The minimum absolute atomic E-state index is 0.586. The summed E-state index contributed by atoms with van der Waals surface area (Å²) in [6.07, 6.45) is 1.04. The molecule has 0 saturated carbocycles. The summed E-state index contributed by atoms with van der Waals surface area (Å²) in [5, 5.41) is 13.2. The van der Waals surface area contributed by atoms with Gasteiger partial charge in [0.25, 0.3) is 0 Å². The Morgan fingerprint density at radius 2 is 1.85 bits per heavy atom. The van der Waals surface area contributed by atoms with Gasteiger partial charge in [-0.3, -0.25) is 0 Å². The first kappa shape index (κ1) is 13.5. The second-order valence-corrected chi connectivity index (χ2v) is 6.00. The van der Waals surface area contributed by atoms with Crippen molar-refractivity contribution in [3.05, 3.63) is 46.5 Å². The maximum absolute atomic E-state index is 5.53. The maximum atomic E-state index is 5.53. The molecule has 2 aromatic heterocycles. The summed E-state index contributed by atoms with van der Waals surface area (Å²) in [6, 6.07) is 8.62. The van der Waals surface area contributed by atoms with Crippen molar-refractivity contribution in [3.63, 3.8) is 0 Å². The molecule has 102 valence electrons. The number of hydrogen-bond acceptors (Lipinski definition) is 4. The van der Waals surface area contributed by atoms with Crippen LogP contribution in [0.3, 0.4) is 0 Å². The van der Waals surface area contributed by atoms with Crippen molar-refractivity contribution < 1.29 is 4.42 Å². The van der Waals surface area contributed by atoms with E-state index in [1.54, 1.807) is 18.3 Å². The first-order chi connectivity index (χ1) is 9.78. The number of rotatable bonds is 4. The molecule has 3 rings (SSSR count). The maximum Gasteiger partial charge on any atom is 0.249 e. The molecular formula is C15H13BrN2OS. The minimum atomic E-state index is 0.586. The highest BCUT2D eigenvalue weighted by molar-refractivity contribution is 9.09. The Hall–Kier alpha value is -1.46. The van der Waals surface area contributed by atoms with Crippen LogP contribution in [0.1, 0.15) is 11.5 Å². The van der Waals surface area contributed by atoms with E-state index in [9.17, 15) is 0 Å². The van der Waals surface area contributed by atoms with Gasteiger partial charge in [-0.25, -0.2) is 0 Å². The highest BCUT2D eigenvalue weighted by Crippen LogP contribution is 2.34. The Bertz CT molecular complexity index is 703. The van der Waals surface area contributed by atoms with Crippen LogP contribution in [0.15, 0.2) is 39.4 Å². The molecule has 2 heterocycles. The van der Waals surface area contributed by atoms with Crippen LogP contribution in [-0.4, -0.2) is 15.5 Å². The number of thiophene rings is 1. The molecule has 0 unspecified atom stereocenters. The lowest BCUT2D eigenvalue weighted by Crippen LogP contribution is -1.86. The van der Waals surface area contributed by atoms with E-state index in [1.807, 2.05) is 0 Å². The summed E-state index contributed by atoms with van der Waals surface area (Å²) in [7, 11) is 0. The third-order valence-corrected chi connectivity index (χ3v) is 4.21. The highest BCUT2D eigenvalue weighted by Gasteiger charge is 2.13. The van der Waals surface area contributed by atoms with Crippen molar-refractivity contribution in [1.82, 2.24) is 10.2 Å². The number of nitrogens with zero attached hydrogens (tertiary/aromatic N) is 2. The van der Waals surface area contributed by atoms with Crippen molar-refractivity contribution in [2.75, 3.05) is 5.33 Å². The summed E-state index contributed by atoms with van der Waals surface area (Å²) >= 11 is 5.11. The summed E-state index contributed by atoms with van der Waals surface area (Å²) in [6.45, 7) is 1.80. The number of hydrogen-bond donors (Lipinski definition) is 0. The summed E-state index contributed by atoms with van der Waals surface area (Å²) < 4.78 is 5.53. The van der Waals surface area contributed by atoms with Crippen LogP contribution in [0.4, 0.5) is 0 Å². The van der Waals surface area contributed by atoms with Gasteiger partial charge in [0.2, 0.25) is 11.8 Å². The minimum Gasteiger partial charge on any atom is -0.421 e. The Morgan fingerprint density at radius 3 is 2.50 bits per heavy atom. The van der Waals surface area contributed by atoms with E-state index in [0.717, 1.165) is 22.9 Å². The third kappa shape index (κ3) is 2.69. The monoisotopic (exact) mass is 348 g/mol. The molecule has 0 aliphatic carbocycles. The van der Waals surface area contributed by atoms with Crippen LogP contribution in [0.2, 0.25) is 0 Å². The van der Waals surface area contributed by atoms with Crippen molar-refractivity contribution in [1.29, 1.82) is 0 Å².